The zero-order valence-electron chi connectivity index (χ0n) is 16.3. The monoisotopic (exact) mass is 488 g/mol. The summed E-state index contributed by atoms with van der Waals surface area (Å²) in [5.41, 5.74) is -0.148. The van der Waals surface area contributed by atoms with Crippen LogP contribution >= 0.6 is 15.9 Å². The average molecular weight is 489 g/mol. The van der Waals surface area contributed by atoms with Gasteiger partial charge in [-0.15, -0.1) is 0 Å². The van der Waals surface area contributed by atoms with Crippen molar-refractivity contribution in [3.8, 4) is 17.2 Å². The molecular formula is C25H13BrO6. The minimum Gasteiger partial charge on any atom is -0.507 e. The number of para-hydroxylation sites is 2. The molecular weight excluding hydrogens is 476 g/mol. The fourth-order valence-electron chi connectivity index (χ4n) is 4.30. The van der Waals surface area contributed by atoms with E-state index in [0.717, 1.165) is 4.47 Å². The number of ether oxygens (including phenoxy) is 1. The molecule has 0 spiro atoms. The zero-order valence-corrected chi connectivity index (χ0v) is 17.9. The number of halogens is 1. The summed E-state index contributed by atoms with van der Waals surface area (Å²) in [7, 11) is 0. The van der Waals surface area contributed by atoms with Gasteiger partial charge in [-0.25, -0.2) is 9.59 Å². The summed E-state index contributed by atoms with van der Waals surface area (Å²) >= 11 is 3.44. The Bertz CT molecular complexity index is 1660. The minimum absolute atomic E-state index is 0.0461. The molecule has 2 aromatic heterocycles. The van der Waals surface area contributed by atoms with Crippen molar-refractivity contribution in [1.82, 2.24) is 0 Å². The van der Waals surface area contributed by atoms with Crippen LogP contribution in [0.4, 0.5) is 0 Å². The molecule has 3 aromatic carbocycles. The molecule has 3 heterocycles. The largest absolute Gasteiger partial charge is 0.507 e. The van der Waals surface area contributed by atoms with Crippen molar-refractivity contribution in [3.05, 3.63) is 109 Å². The molecule has 1 unspecified atom stereocenters. The van der Waals surface area contributed by atoms with Gasteiger partial charge in [0.15, 0.2) is 0 Å². The minimum atomic E-state index is -0.951. The van der Waals surface area contributed by atoms with Gasteiger partial charge in [0, 0.05) is 10.0 Å². The lowest BCUT2D eigenvalue weighted by atomic mass is 9.82. The molecule has 0 aliphatic carbocycles. The van der Waals surface area contributed by atoms with Crippen molar-refractivity contribution in [2.24, 2.45) is 0 Å². The van der Waals surface area contributed by atoms with E-state index in [1.165, 1.54) is 0 Å². The highest BCUT2D eigenvalue weighted by molar-refractivity contribution is 9.10. The summed E-state index contributed by atoms with van der Waals surface area (Å²) in [6, 6.07) is 19.0. The standard InChI is InChI=1S/C25H13BrO6/c26-12-9-10-18-15(11-12)19(20-22(27)13-5-1-3-7-16(13)31-24(20)28)21-23(30-18)14-6-2-4-8-17(14)32-25(21)29/h1-11,19,27H. The molecule has 0 saturated carbocycles. The number of fused-ring (bicyclic) bond motifs is 5. The van der Waals surface area contributed by atoms with Crippen molar-refractivity contribution in [2.75, 3.05) is 0 Å². The van der Waals surface area contributed by atoms with Gasteiger partial charge in [0.25, 0.3) is 0 Å². The normalized spacial score (nSPS) is 14.7. The van der Waals surface area contributed by atoms with Crippen LogP contribution in [0.15, 0.2) is 89.6 Å². The van der Waals surface area contributed by atoms with E-state index in [9.17, 15) is 14.7 Å². The molecule has 1 aliphatic heterocycles. The Morgan fingerprint density at radius 3 is 2.16 bits per heavy atom. The summed E-state index contributed by atoms with van der Waals surface area (Å²) in [6.45, 7) is 0. The maximum absolute atomic E-state index is 13.2. The first kappa shape index (κ1) is 18.9. The topological polar surface area (TPSA) is 89.9 Å². The van der Waals surface area contributed by atoms with E-state index < -0.39 is 17.2 Å². The van der Waals surface area contributed by atoms with Gasteiger partial charge in [-0.3, -0.25) is 0 Å². The second-order valence-corrected chi connectivity index (χ2v) is 8.41. The Morgan fingerprint density at radius 1 is 0.781 bits per heavy atom. The van der Waals surface area contributed by atoms with E-state index in [2.05, 4.69) is 15.9 Å². The quantitative estimate of drug-likeness (QED) is 0.300. The molecule has 156 valence electrons. The van der Waals surface area contributed by atoms with Crippen LogP contribution in [0.5, 0.6) is 17.2 Å². The van der Waals surface area contributed by atoms with E-state index in [1.54, 1.807) is 66.7 Å². The highest BCUT2D eigenvalue weighted by Crippen LogP contribution is 2.50. The second kappa shape index (κ2) is 6.83. The van der Waals surface area contributed by atoms with Gasteiger partial charge in [-0.1, -0.05) is 40.2 Å². The Balaban J connectivity index is 1.78. The predicted molar refractivity (Wildman–Crippen MR) is 122 cm³/mol. The first-order valence-electron chi connectivity index (χ1n) is 9.80. The Labute approximate surface area is 188 Å². The van der Waals surface area contributed by atoms with Gasteiger partial charge in [0.1, 0.15) is 28.4 Å². The molecule has 1 N–H and O–H groups in total. The van der Waals surface area contributed by atoms with Crippen LogP contribution in [0.2, 0.25) is 0 Å². The van der Waals surface area contributed by atoms with Gasteiger partial charge in [-0.2, -0.15) is 0 Å². The van der Waals surface area contributed by atoms with E-state index in [1.807, 2.05) is 0 Å². The van der Waals surface area contributed by atoms with Crippen LogP contribution in [0.25, 0.3) is 21.9 Å². The van der Waals surface area contributed by atoms with Crippen LogP contribution in [-0.2, 0) is 0 Å². The summed E-state index contributed by atoms with van der Waals surface area (Å²) in [5.74, 6) is -0.432. The van der Waals surface area contributed by atoms with Crippen molar-refractivity contribution >= 4 is 37.9 Å². The van der Waals surface area contributed by atoms with Gasteiger partial charge in [0.05, 0.1) is 27.8 Å². The smallest absolute Gasteiger partial charge is 0.344 e. The average Bonchev–Trinajstić information content (AvgIpc) is 2.79. The number of rotatable bonds is 1. The molecule has 1 atom stereocenters. The lowest BCUT2D eigenvalue weighted by molar-refractivity contribution is 0.425. The third-order valence-electron chi connectivity index (χ3n) is 5.69. The predicted octanol–water partition coefficient (Wildman–Crippen LogP) is 5.65. The second-order valence-electron chi connectivity index (χ2n) is 7.49. The third kappa shape index (κ3) is 2.64. The molecule has 7 heteroatoms. The van der Waals surface area contributed by atoms with Crippen LogP contribution in [0.1, 0.15) is 22.6 Å². The summed E-state index contributed by atoms with van der Waals surface area (Å²) in [6.07, 6.45) is 0. The summed E-state index contributed by atoms with van der Waals surface area (Å²) < 4.78 is 18.0. The van der Waals surface area contributed by atoms with Gasteiger partial charge in [0.2, 0.25) is 0 Å². The molecule has 5 aromatic rings. The van der Waals surface area contributed by atoms with Crippen LogP contribution in [-0.4, -0.2) is 5.11 Å². The van der Waals surface area contributed by atoms with E-state index in [-0.39, 0.29) is 22.5 Å². The van der Waals surface area contributed by atoms with Crippen molar-refractivity contribution in [2.45, 2.75) is 5.92 Å². The maximum atomic E-state index is 13.2. The first-order valence-corrected chi connectivity index (χ1v) is 10.6. The fourth-order valence-corrected chi connectivity index (χ4v) is 4.68. The molecule has 0 bridgehead atoms. The summed E-state index contributed by atoms with van der Waals surface area (Å²) in [5, 5.41) is 12.1. The molecule has 0 saturated heterocycles. The maximum Gasteiger partial charge on any atom is 0.344 e. The SMILES string of the molecule is O=c1oc2ccccc2c(O)c1C1c2cc(Br)ccc2Oc2c1c(=O)oc1ccccc21. The van der Waals surface area contributed by atoms with Gasteiger partial charge >= 0.3 is 11.3 Å². The number of aromatic hydroxyl groups is 1. The Morgan fingerprint density at radius 2 is 1.41 bits per heavy atom. The van der Waals surface area contributed by atoms with Crippen molar-refractivity contribution in [1.29, 1.82) is 0 Å². The highest BCUT2D eigenvalue weighted by atomic mass is 79.9. The molecule has 6 rings (SSSR count). The van der Waals surface area contributed by atoms with E-state index >= 15 is 0 Å². The number of hydrogen-bond donors (Lipinski definition) is 1. The van der Waals surface area contributed by atoms with E-state index in [4.69, 9.17) is 13.6 Å². The van der Waals surface area contributed by atoms with Crippen LogP contribution in [0.3, 0.4) is 0 Å². The number of benzene rings is 3. The fraction of sp³-hybridized carbons (Fsp3) is 0.0400. The zero-order chi connectivity index (χ0) is 22.0. The lowest BCUT2D eigenvalue weighted by Crippen LogP contribution is -2.24. The van der Waals surface area contributed by atoms with Crippen LogP contribution < -0.4 is 16.0 Å². The Hall–Kier alpha value is -3.84. The molecule has 0 radical (unpaired) electrons. The van der Waals surface area contributed by atoms with Gasteiger partial charge < -0.3 is 18.7 Å². The lowest BCUT2D eigenvalue weighted by Gasteiger charge is -2.28. The van der Waals surface area contributed by atoms with E-state index in [0.29, 0.717) is 33.4 Å². The highest BCUT2D eigenvalue weighted by Gasteiger charge is 2.38. The molecule has 32 heavy (non-hydrogen) atoms. The van der Waals surface area contributed by atoms with Crippen molar-refractivity contribution in [3.63, 3.8) is 0 Å². The number of hydrogen-bond acceptors (Lipinski definition) is 6. The summed E-state index contributed by atoms with van der Waals surface area (Å²) in [4.78, 5) is 26.3. The Kier molecular flexibility index (Phi) is 4.03. The molecule has 1 aliphatic rings. The first-order chi connectivity index (χ1) is 15.5. The van der Waals surface area contributed by atoms with Crippen LogP contribution in [0, 0.1) is 0 Å². The molecule has 0 fully saturated rings. The molecule has 6 nitrogen and oxygen atoms in total. The van der Waals surface area contributed by atoms with Crippen molar-refractivity contribution < 1.29 is 18.7 Å². The van der Waals surface area contributed by atoms with Gasteiger partial charge in [-0.05, 0) is 42.5 Å². The third-order valence-corrected chi connectivity index (χ3v) is 6.18. The molecule has 0 amide bonds.